The van der Waals surface area contributed by atoms with Gasteiger partial charge in [0.05, 0.1) is 13.2 Å². The van der Waals surface area contributed by atoms with E-state index in [-0.39, 0.29) is 23.8 Å². The molecule has 0 N–H and O–H groups in total. The van der Waals surface area contributed by atoms with E-state index < -0.39 is 0 Å². The van der Waals surface area contributed by atoms with E-state index >= 15 is 0 Å². The molecule has 1 aromatic rings. The monoisotopic (exact) mass is 373 g/mol. The lowest BCUT2D eigenvalue weighted by atomic mass is 9.93. The standard InChI is InChI=1S/C21H31N3O3/c1-16-5-4-6-18(15-16)19(22(2)3)21(26)23-9-7-17(8-10-23)20(25)24-11-13-27-14-12-24/h4-6,15,17,19H,7-14H2,1-3H3/t19-/m0/s1. The van der Waals surface area contributed by atoms with Crippen LogP contribution in [0, 0.1) is 12.8 Å². The SMILES string of the molecule is Cc1cccc([C@@H](C(=O)N2CCC(C(=O)N3CCOCC3)CC2)N(C)C)c1. The fraction of sp³-hybridized carbons (Fsp3) is 0.619. The van der Waals surface area contributed by atoms with Gasteiger partial charge in [-0.15, -0.1) is 0 Å². The third-order valence-electron chi connectivity index (χ3n) is 5.59. The van der Waals surface area contributed by atoms with Crippen LogP contribution < -0.4 is 0 Å². The van der Waals surface area contributed by atoms with Gasteiger partial charge in [-0.3, -0.25) is 14.5 Å². The van der Waals surface area contributed by atoms with Crippen molar-refractivity contribution in [3.05, 3.63) is 35.4 Å². The van der Waals surface area contributed by atoms with Gasteiger partial charge in [0.25, 0.3) is 0 Å². The Morgan fingerprint density at radius 1 is 1.07 bits per heavy atom. The Kier molecular flexibility index (Phi) is 6.50. The van der Waals surface area contributed by atoms with E-state index in [4.69, 9.17) is 4.74 Å². The first-order valence-corrected chi connectivity index (χ1v) is 9.85. The number of aryl methyl sites for hydroxylation is 1. The third kappa shape index (κ3) is 4.68. The number of benzene rings is 1. The summed E-state index contributed by atoms with van der Waals surface area (Å²) in [5.74, 6) is 0.389. The summed E-state index contributed by atoms with van der Waals surface area (Å²) < 4.78 is 5.33. The van der Waals surface area contributed by atoms with Crippen molar-refractivity contribution in [2.75, 3.05) is 53.5 Å². The minimum absolute atomic E-state index is 0.0314. The van der Waals surface area contributed by atoms with E-state index in [0.717, 1.165) is 24.0 Å². The normalized spacial score (nSPS) is 20.0. The molecule has 1 aromatic carbocycles. The van der Waals surface area contributed by atoms with Crippen LogP contribution in [-0.4, -0.2) is 80.0 Å². The molecule has 0 radical (unpaired) electrons. The second-order valence-corrected chi connectivity index (χ2v) is 7.82. The average Bonchev–Trinajstić information content (AvgIpc) is 2.68. The third-order valence-corrected chi connectivity index (χ3v) is 5.59. The molecule has 0 aliphatic carbocycles. The molecule has 6 heteroatoms. The first kappa shape index (κ1) is 19.8. The molecule has 2 fully saturated rings. The van der Waals surface area contributed by atoms with Crippen LogP contribution >= 0.6 is 0 Å². The van der Waals surface area contributed by atoms with Crippen LogP contribution in [0.25, 0.3) is 0 Å². The van der Waals surface area contributed by atoms with Crippen LogP contribution in [0.3, 0.4) is 0 Å². The first-order chi connectivity index (χ1) is 13.0. The van der Waals surface area contributed by atoms with Gasteiger partial charge >= 0.3 is 0 Å². The van der Waals surface area contributed by atoms with Crippen LogP contribution in [0.2, 0.25) is 0 Å². The van der Waals surface area contributed by atoms with Gasteiger partial charge < -0.3 is 14.5 Å². The van der Waals surface area contributed by atoms with Crippen molar-refractivity contribution < 1.29 is 14.3 Å². The number of carbonyl (C=O) groups excluding carboxylic acids is 2. The van der Waals surface area contributed by atoms with E-state index in [9.17, 15) is 9.59 Å². The summed E-state index contributed by atoms with van der Waals surface area (Å²) in [6, 6.07) is 7.86. The fourth-order valence-corrected chi connectivity index (χ4v) is 4.06. The summed E-state index contributed by atoms with van der Waals surface area (Å²) in [6.45, 7) is 5.98. The number of hydrogen-bond donors (Lipinski definition) is 0. The van der Waals surface area contributed by atoms with Crippen molar-refractivity contribution in [2.45, 2.75) is 25.8 Å². The largest absolute Gasteiger partial charge is 0.378 e. The maximum atomic E-state index is 13.2. The van der Waals surface area contributed by atoms with Gasteiger partial charge in [-0.2, -0.15) is 0 Å². The Morgan fingerprint density at radius 3 is 2.33 bits per heavy atom. The highest BCUT2D eigenvalue weighted by molar-refractivity contribution is 5.84. The van der Waals surface area contributed by atoms with Gasteiger partial charge in [-0.05, 0) is 39.4 Å². The molecule has 2 aliphatic heterocycles. The predicted octanol–water partition coefficient (Wildman–Crippen LogP) is 1.70. The second-order valence-electron chi connectivity index (χ2n) is 7.82. The molecule has 2 aliphatic rings. The van der Waals surface area contributed by atoms with Crippen molar-refractivity contribution in [1.29, 1.82) is 0 Å². The van der Waals surface area contributed by atoms with Crippen molar-refractivity contribution in [2.24, 2.45) is 5.92 Å². The molecule has 27 heavy (non-hydrogen) atoms. The van der Waals surface area contributed by atoms with Crippen molar-refractivity contribution in [1.82, 2.24) is 14.7 Å². The number of rotatable bonds is 4. The van der Waals surface area contributed by atoms with E-state index in [2.05, 4.69) is 6.07 Å². The maximum absolute atomic E-state index is 13.2. The molecule has 0 bridgehead atoms. The molecular formula is C21H31N3O3. The fourth-order valence-electron chi connectivity index (χ4n) is 4.06. The van der Waals surface area contributed by atoms with Crippen molar-refractivity contribution in [3.63, 3.8) is 0 Å². The van der Waals surface area contributed by atoms with Crippen LogP contribution in [0.1, 0.15) is 30.0 Å². The zero-order valence-corrected chi connectivity index (χ0v) is 16.7. The number of piperidine rings is 1. The van der Waals surface area contributed by atoms with E-state index in [1.54, 1.807) is 0 Å². The number of morpholine rings is 1. The average molecular weight is 373 g/mol. The molecular weight excluding hydrogens is 342 g/mol. The minimum atomic E-state index is -0.281. The Bertz CT molecular complexity index is 662. The summed E-state index contributed by atoms with van der Waals surface area (Å²) in [4.78, 5) is 31.7. The zero-order valence-electron chi connectivity index (χ0n) is 16.7. The summed E-state index contributed by atoms with van der Waals surface area (Å²) in [5, 5.41) is 0. The van der Waals surface area contributed by atoms with Crippen LogP contribution in [0.15, 0.2) is 24.3 Å². The molecule has 148 valence electrons. The van der Waals surface area contributed by atoms with Gasteiger partial charge in [0.1, 0.15) is 6.04 Å². The quantitative estimate of drug-likeness (QED) is 0.806. The second kappa shape index (κ2) is 8.85. The van der Waals surface area contributed by atoms with E-state index in [0.29, 0.717) is 39.4 Å². The molecule has 1 atom stereocenters. The molecule has 0 unspecified atom stereocenters. The Labute approximate surface area is 162 Å². The number of ether oxygens (including phenoxy) is 1. The smallest absolute Gasteiger partial charge is 0.244 e. The molecule has 0 aromatic heterocycles. The number of amides is 2. The van der Waals surface area contributed by atoms with Gasteiger partial charge in [0.2, 0.25) is 11.8 Å². The lowest BCUT2D eigenvalue weighted by molar-refractivity contribution is -0.145. The van der Waals surface area contributed by atoms with Gasteiger partial charge in [0, 0.05) is 32.1 Å². The summed E-state index contributed by atoms with van der Waals surface area (Å²) in [7, 11) is 3.89. The lowest BCUT2D eigenvalue weighted by Crippen LogP contribution is -2.49. The maximum Gasteiger partial charge on any atom is 0.244 e. The summed E-state index contributed by atoms with van der Waals surface area (Å²) in [6.07, 6.45) is 1.49. The van der Waals surface area contributed by atoms with Gasteiger partial charge in [-0.1, -0.05) is 29.8 Å². The highest BCUT2D eigenvalue weighted by Gasteiger charge is 2.34. The van der Waals surface area contributed by atoms with E-state index in [1.807, 2.05) is 53.9 Å². The van der Waals surface area contributed by atoms with Crippen LogP contribution in [-0.2, 0) is 14.3 Å². The molecule has 2 heterocycles. The van der Waals surface area contributed by atoms with Gasteiger partial charge in [0.15, 0.2) is 0 Å². The molecule has 2 saturated heterocycles. The number of likely N-dealkylation sites (tertiary alicyclic amines) is 1. The predicted molar refractivity (Wildman–Crippen MR) is 104 cm³/mol. The molecule has 6 nitrogen and oxygen atoms in total. The Morgan fingerprint density at radius 2 is 1.74 bits per heavy atom. The number of likely N-dealkylation sites (N-methyl/N-ethyl adjacent to an activating group) is 1. The van der Waals surface area contributed by atoms with Crippen LogP contribution in [0.4, 0.5) is 0 Å². The van der Waals surface area contributed by atoms with Crippen molar-refractivity contribution >= 4 is 11.8 Å². The highest BCUT2D eigenvalue weighted by atomic mass is 16.5. The summed E-state index contributed by atoms with van der Waals surface area (Å²) in [5.41, 5.74) is 2.18. The highest BCUT2D eigenvalue weighted by Crippen LogP contribution is 2.26. The number of hydrogen-bond acceptors (Lipinski definition) is 4. The first-order valence-electron chi connectivity index (χ1n) is 9.85. The minimum Gasteiger partial charge on any atom is -0.378 e. The lowest BCUT2D eigenvalue weighted by Gasteiger charge is -2.37. The topological polar surface area (TPSA) is 53.1 Å². The number of carbonyl (C=O) groups is 2. The Balaban J connectivity index is 1.62. The van der Waals surface area contributed by atoms with Crippen molar-refractivity contribution in [3.8, 4) is 0 Å². The molecule has 3 rings (SSSR count). The molecule has 0 spiro atoms. The van der Waals surface area contributed by atoms with Gasteiger partial charge in [-0.25, -0.2) is 0 Å². The van der Waals surface area contributed by atoms with Crippen LogP contribution in [0.5, 0.6) is 0 Å². The summed E-state index contributed by atoms with van der Waals surface area (Å²) >= 11 is 0. The molecule has 2 amide bonds. The Hall–Kier alpha value is -1.92. The van der Waals surface area contributed by atoms with E-state index in [1.165, 1.54) is 0 Å². The number of nitrogens with zero attached hydrogens (tertiary/aromatic N) is 3. The zero-order chi connectivity index (χ0) is 19.4. The molecule has 0 saturated carbocycles.